The molecule has 2 aromatic carbocycles. The number of carbonyl (C=O) groups excluding carboxylic acids is 2. The third-order valence-corrected chi connectivity index (χ3v) is 8.64. The van der Waals surface area contributed by atoms with Gasteiger partial charge in [0.2, 0.25) is 0 Å². The summed E-state index contributed by atoms with van der Waals surface area (Å²) >= 11 is 2.98. The number of ether oxygens (including phenoxy) is 1. The number of amides is 2. The highest BCUT2D eigenvalue weighted by Crippen LogP contribution is 2.50. The topological polar surface area (TPSA) is 84.4 Å². The van der Waals surface area contributed by atoms with E-state index in [-0.39, 0.29) is 11.9 Å². The molecule has 1 aliphatic carbocycles. The lowest BCUT2D eigenvalue weighted by atomic mass is 10.1. The zero-order valence-corrected chi connectivity index (χ0v) is 21.0. The Labute approximate surface area is 210 Å². The molecule has 1 saturated heterocycles. The van der Waals surface area contributed by atoms with E-state index in [4.69, 9.17) is 4.74 Å². The van der Waals surface area contributed by atoms with E-state index in [1.165, 1.54) is 11.3 Å². The second-order valence-corrected chi connectivity index (χ2v) is 11.2. The Bertz CT molecular complexity index is 1450. The van der Waals surface area contributed by atoms with Crippen molar-refractivity contribution in [3.8, 4) is 16.2 Å². The van der Waals surface area contributed by atoms with Gasteiger partial charge in [0.15, 0.2) is 5.75 Å². The standard InChI is InChI=1S/C26H24N4O3S2/c1-14-5-3-6-16(9-14)23-22(29-15(2)35-23)25(31)30-12-17-10-18(17)20(30)11-27-26(32)33-21-8-4-7-19-24(21)34-13-28-19/h3-9,13,17-18,20H,10-12H2,1-2H3,(H,27,32)/t17-,18-,20+/m0/s1. The average molecular weight is 505 g/mol. The van der Waals surface area contributed by atoms with E-state index in [1.807, 2.05) is 49.1 Å². The lowest BCUT2D eigenvalue weighted by molar-refractivity contribution is 0.0700. The molecule has 178 valence electrons. The first-order chi connectivity index (χ1) is 17.0. The summed E-state index contributed by atoms with van der Waals surface area (Å²) in [5.41, 5.74) is 5.19. The van der Waals surface area contributed by atoms with Crippen molar-refractivity contribution >= 4 is 44.9 Å². The van der Waals surface area contributed by atoms with Gasteiger partial charge in [-0.05, 0) is 49.8 Å². The minimum atomic E-state index is -0.521. The van der Waals surface area contributed by atoms with Crippen molar-refractivity contribution in [1.29, 1.82) is 0 Å². The van der Waals surface area contributed by atoms with Crippen LogP contribution in [0.1, 0.15) is 27.5 Å². The van der Waals surface area contributed by atoms with Crippen molar-refractivity contribution in [3.63, 3.8) is 0 Å². The SMILES string of the molecule is Cc1cccc(-c2sc(C)nc2C(=O)N2C[C@@H]3C[C@@H]3[C@H]2CNC(=O)Oc2cccc3ncsc23)c1. The van der Waals surface area contributed by atoms with E-state index in [0.717, 1.165) is 37.6 Å². The van der Waals surface area contributed by atoms with Gasteiger partial charge in [0.1, 0.15) is 5.69 Å². The molecule has 3 atom stereocenters. The zero-order valence-electron chi connectivity index (χ0n) is 19.4. The lowest BCUT2D eigenvalue weighted by Crippen LogP contribution is -2.46. The lowest BCUT2D eigenvalue weighted by Gasteiger charge is -2.27. The van der Waals surface area contributed by atoms with Crippen LogP contribution >= 0.6 is 22.7 Å². The fraction of sp³-hybridized carbons (Fsp3) is 0.308. The quantitative estimate of drug-likeness (QED) is 0.399. The molecule has 2 amide bonds. The number of piperidine rings is 1. The molecule has 0 spiro atoms. The van der Waals surface area contributed by atoms with Crippen molar-refractivity contribution in [2.45, 2.75) is 26.3 Å². The van der Waals surface area contributed by atoms with Crippen LogP contribution in [0.5, 0.6) is 5.75 Å². The predicted octanol–water partition coefficient (Wildman–Crippen LogP) is 5.29. The second kappa shape index (κ2) is 8.73. The molecule has 35 heavy (non-hydrogen) atoms. The van der Waals surface area contributed by atoms with Gasteiger partial charge >= 0.3 is 6.09 Å². The van der Waals surface area contributed by atoms with Gasteiger partial charge in [0, 0.05) is 13.1 Å². The predicted molar refractivity (Wildman–Crippen MR) is 137 cm³/mol. The van der Waals surface area contributed by atoms with Crippen molar-refractivity contribution in [3.05, 3.63) is 64.2 Å². The third-order valence-electron chi connectivity index (χ3n) is 6.76. The molecule has 1 aliphatic heterocycles. The molecule has 0 radical (unpaired) electrons. The van der Waals surface area contributed by atoms with Gasteiger partial charge in [-0.15, -0.1) is 22.7 Å². The maximum atomic E-state index is 13.7. The van der Waals surface area contributed by atoms with E-state index in [2.05, 4.69) is 21.4 Å². The van der Waals surface area contributed by atoms with Crippen LogP contribution in [0.25, 0.3) is 20.7 Å². The number of hydrogen-bond donors (Lipinski definition) is 1. The Morgan fingerprint density at radius 1 is 1.20 bits per heavy atom. The van der Waals surface area contributed by atoms with Crippen molar-refractivity contribution < 1.29 is 14.3 Å². The van der Waals surface area contributed by atoms with Crippen LogP contribution in [-0.4, -0.2) is 46.0 Å². The fourth-order valence-corrected chi connectivity index (χ4v) is 6.67. The third kappa shape index (κ3) is 4.19. The number of thiazole rings is 2. The van der Waals surface area contributed by atoms with Gasteiger partial charge in [-0.2, -0.15) is 0 Å². The smallest absolute Gasteiger partial charge is 0.409 e. The number of carbonyl (C=O) groups is 2. The molecule has 4 aromatic rings. The summed E-state index contributed by atoms with van der Waals surface area (Å²) in [5.74, 6) is 1.33. The van der Waals surface area contributed by atoms with E-state index in [1.54, 1.807) is 22.9 Å². The van der Waals surface area contributed by atoms with E-state index in [9.17, 15) is 9.59 Å². The first-order valence-electron chi connectivity index (χ1n) is 11.6. The molecular formula is C26H24N4O3S2. The van der Waals surface area contributed by atoms with Crippen LogP contribution in [0.3, 0.4) is 0 Å². The Kier molecular flexibility index (Phi) is 5.53. The minimum Gasteiger partial charge on any atom is -0.409 e. The van der Waals surface area contributed by atoms with Gasteiger partial charge in [-0.1, -0.05) is 35.9 Å². The first kappa shape index (κ1) is 22.2. The van der Waals surface area contributed by atoms with E-state index in [0.29, 0.717) is 36.4 Å². The van der Waals surface area contributed by atoms with Crippen molar-refractivity contribution in [1.82, 2.24) is 20.2 Å². The number of aryl methyl sites for hydroxylation is 2. The van der Waals surface area contributed by atoms with Crippen molar-refractivity contribution in [2.24, 2.45) is 11.8 Å². The van der Waals surface area contributed by atoms with Gasteiger partial charge in [0.25, 0.3) is 5.91 Å². The Balaban J connectivity index is 1.18. The summed E-state index contributed by atoms with van der Waals surface area (Å²) in [6, 6.07) is 13.6. The van der Waals surface area contributed by atoms with Crippen LogP contribution in [-0.2, 0) is 0 Å². The molecule has 2 aliphatic rings. The summed E-state index contributed by atoms with van der Waals surface area (Å²) in [5, 5.41) is 3.76. The van der Waals surface area contributed by atoms with Crippen LogP contribution in [0.2, 0.25) is 0 Å². The molecule has 3 heterocycles. The van der Waals surface area contributed by atoms with Gasteiger partial charge in [-0.3, -0.25) is 4.79 Å². The van der Waals surface area contributed by atoms with Crippen LogP contribution < -0.4 is 10.1 Å². The Hall–Kier alpha value is -3.30. The maximum absolute atomic E-state index is 13.7. The highest BCUT2D eigenvalue weighted by molar-refractivity contribution is 7.17. The molecule has 6 rings (SSSR count). The Morgan fingerprint density at radius 3 is 2.91 bits per heavy atom. The van der Waals surface area contributed by atoms with Crippen LogP contribution in [0, 0.1) is 25.7 Å². The summed E-state index contributed by atoms with van der Waals surface area (Å²) in [4.78, 5) is 38.0. The van der Waals surface area contributed by atoms with E-state index < -0.39 is 6.09 Å². The fourth-order valence-electron chi connectivity index (χ4n) is 5.02. The van der Waals surface area contributed by atoms with E-state index >= 15 is 0 Å². The zero-order chi connectivity index (χ0) is 24.1. The van der Waals surface area contributed by atoms with Gasteiger partial charge < -0.3 is 15.0 Å². The van der Waals surface area contributed by atoms with Crippen LogP contribution in [0.15, 0.2) is 48.0 Å². The molecule has 7 nitrogen and oxygen atoms in total. The van der Waals surface area contributed by atoms with Gasteiger partial charge in [-0.25, -0.2) is 14.8 Å². The maximum Gasteiger partial charge on any atom is 0.412 e. The normalized spacial score (nSPS) is 20.6. The van der Waals surface area contributed by atoms with Crippen molar-refractivity contribution in [2.75, 3.05) is 13.1 Å². The number of fused-ring (bicyclic) bond motifs is 2. The minimum absolute atomic E-state index is 0.0624. The second-order valence-electron chi connectivity index (χ2n) is 9.19. The van der Waals surface area contributed by atoms with Gasteiger partial charge in [0.05, 0.1) is 31.7 Å². The molecule has 9 heteroatoms. The Morgan fingerprint density at radius 2 is 2.06 bits per heavy atom. The highest BCUT2D eigenvalue weighted by Gasteiger charge is 2.54. The first-order valence-corrected chi connectivity index (χ1v) is 13.3. The molecule has 1 N–H and O–H groups in total. The molecular weight excluding hydrogens is 480 g/mol. The number of hydrogen-bond acceptors (Lipinski definition) is 7. The molecule has 0 unspecified atom stereocenters. The summed E-state index contributed by atoms with van der Waals surface area (Å²) in [7, 11) is 0. The largest absolute Gasteiger partial charge is 0.412 e. The monoisotopic (exact) mass is 504 g/mol. The molecule has 1 saturated carbocycles. The number of aromatic nitrogens is 2. The average Bonchev–Trinajstić information content (AvgIpc) is 3.16. The summed E-state index contributed by atoms with van der Waals surface area (Å²) in [6.07, 6.45) is 0.568. The molecule has 2 fully saturated rings. The summed E-state index contributed by atoms with van der Waals surface area (Å²) < 4.78 is 6.41. The van der Waals surface area contributed by atoms with Crippen LogP contribution in [0.4, 0.5) is 4.79 Å². The molecule has 2 aromatic heterocycles. The summed E-state index contributed by atoms with van der Waals surface area (Å²) in [6.45, 7) is 5.03. The number of rotatable bonds is 5. The number of likely N-dealkylation sites (tertiary alicyclic amines) is 1. The molecule has 0 bridgehead atoms. The number of nitrogens with zero attached hydrogens (tertiary/aromatic N) is 3. The highest BCUT2D eigenvalue weighted by atomic mass is 32.1. The number of benzene rings is 2. The number of nitrogens with one attached hydrogen (secondary N) is 1.